The molecule has 0 saturated heterocycles. The Labute approximate surface area is 88.2 Å². The summed E-state index contributed by atoms with van der Waals surface area (Å²) in [6.07, 6.45) is -1.77. The molecule has 2 amide bonds. The molecule has 92 valence electrons. The zero-order chi connectivity index (χ0) is 10.1. The zero-order valence-corrected chi connectivity index (χ0v) is 6.65. The fourth-order valence-electron chi connectivity index (χ4n) is 0.408. The van der Waals surface area contributed by atoms with E-state index in [4.69, 9.17) is 10.2 Å². The van der Waals surface area contributed by atoms with Gasteiger partial charge in [-0.15, -0.1) is 0 Å². The summed E-state index contributed by atoms with van der Waals surface area (Å²) < 4.78 is 8.10. The maximum atomic E-state index is 10.4. The third-order valence-corrected chi connectivity index (χ3v) is 0.857. The quantitative estimate of drug-likeness (QED) is 0.483. The summed E-state index contributed by atoms with van der Waals surface area (Å²) in [5.74, 6) is 0. The second kappa shape index (κ2) is 12.5. The molecular formula is C7H18N2O6. The first-order chi connectivity index (χ1) is 6.20. The van der Waals surface area contributed by atoms with Gasteiger partial charge in [0, 0.05) is 0 Å². The maximum absolute atomic E-state index is 10.4. The van der Waals surface area contributed by atoms with Gasteiger partial charge in [0.1, 0.15) is 0 Å². The number of aliphatic hydroxyl groups is 2. The highest BCUT2D eigenvalue weighted by Gasteiger charge is 2.02. The molecule has 0 heterocycles. The number of alkyl carbamates (subject to hydrolysis) is 2. The summed E-state index contributed by atoms with van der Waals surface area (Å²) in [4.78, 5) is 20.9. The Bertz CT molecular complexity index is 157. The van der Waals surface area contributed by atoms with Gasteiger partial charge in [-0.25, -0.2) is 9.59 Å². The van der Waals surface area contributed by atoms with Gasteiger partial charge in [0.05, 0.1) is 6.67 Å². The van der Waals surface area contributed by atoms with E-state index in [2.05, 4.69) is 20.1 Å². The van der Waals surface area contributed by atoms with Crippen molar-refractivity contribution in [2.45, 2.75) is 14.9 Å². The summed E-state index contributed by atoms with van der Waals surface area (Å²) >= 11 is 0. The van der Waals surface area contributed by atoms with E-state index in [0.717, 1.165) is 0 Å². The van der Waals surface area contributed by atoms with Crippen LogP contribution in [-0.2, 0) is 9.47 Å². The molecule has 0 aliphatic heterocycles. The second-order valence-electron chi connectivity index (χ2n) is 1.65. The molecule has 4 N–H and O–H groups in total. The van der Waals surface area contributed by atoms with Crippen LogP contribution in [-0.4, -0.2) is 42.7 Å². The van der Waals surface area contributed by atoms with Crippen LogP contribution in [0.15, 0.2) is 0 Å². The first kappa shape index (κ1) is 19.1. The van der Waals surface area contributed by atoms with Crippen molar-refractivity contribution in [3.8, 4) is 0 Å². The fraction of sp³-hybridized carbons (Fsp3) is 0.714. The van der Waals surface area contributed by atoms with Gasteiger partial charge in [-0.3, -0.25) is 0 Å². The Morgan fingerprint density at radius 1 is 0.933 bits per heavy atom. The van der Waals surface area contributed by atoms with Crippen molar-refractivity contribution in [3.05, 3.63) is 0 Å². The zero-order valence-electron chi connectivity index (χ0n) is 6.65. The molecule has 0 aromatic carbocycles. The molecule has 0 radical (unpaired) electrons. The van der Waals surface area contributed by atoms with E-state index in [1.807, 2.05) is 0 Å². The smallest absolute Gasteiger partial charge is 0.410 e. The second-order valence-corrected chi connectivity index (χ2v) is 1.65. The molecule has 0 fully saturated rings. The molecule has 0 aliphatic rings. The van der Waals surface area contributed by atoms with E-state index < -0.39 is 25.8 Å². The van der Waals surface area contributed by atoms with Crippen molar-refractivity contribution in [1.82, 2.24) is 10.6 Å². The van der Waals surface area contributed by atoms with Gasteiger partial charge in [0.2, 0.25) is 0 Å². The van der Waals surface area contributed by atoms with E-state index in [1.165, 1.54) is 0 Å². The van der Waals surface area contributed by atoms with Crippen molar-refractivity contribution >= 4 is 12.2 Å². The van der Waals surface area contributed by atoms with Gasteiger partial charge in [-0.05, 0) is 0 Å². The van der Waals surface area contributed by atoms with Crippen LogP contribution in [0.25, 0.3) is 0 Å². The first-order valence-corrected chi connectivity index (χ1v) is 3.23. The first-order valence-electron chi connectivity index (χ1n) is 3.23. The van der Waals surface area contributed by atoms with Crippen molar-refractivity contribution < 1.29 is 29.3 Å². The van der Waals surface area contributed by atoms with E-state index in [1.54, 1.807) is 0 Å². The van der Waals surface area contributed by atoms with Gasteiger partial charge in [-0.1, -0.05) is 14.9 Å². The highest BCUT2D eigenvalue weighted by atomic mass is 16.6. The van der Waals surface area contributed by atoms with Crippen LogP contribution in [0.3, 0.4) is 0 Å². The van der Waals surface area contributed by atoms with Crippen molar-refractivity contribution in [2.24, 2.45) is 0 Å². The third-order valence-electron chi connectivity index (χ3n) is 0.857. The summed E-state index contributed by atoms with van der Waals surface area (Å²) in [6.45, 7) is -1.71. The third kappa shape index (κ3) is 12.5. The molecule has 0 aromatic heterocycles. The number of carbonyl (C=O) groups excluding carboxylic acids is 2. The fourth-order valence-corrected chi connectivity index (χ4v) is 0.408. The Morgan fingerprint density at radius 3 is 1.53 bits per heavy atom. The van der Waals surface area contributed by atoms with Crippen LogP contribution in [0.1, 0.15) is 14.9 Å². The molecule has 0 aromatic rings. The predicted octanol–water partition coefficient (Wildman–Crippen LogP) is -0.432. The standard InChI is InChI=1S/C5H10N2O6.2CH4/c8-2-12-4(10)6-1-7-5(11)13-3-9;;/h8-9H,1-3H2,(H,6,10)(H,7,11);2*1H4. The highest BCUT2D eigenvalue weighted by Crippen LogP contribution is 1.74. The molecule has 0 atom stereocenters. The Balaban J connectivity index is -0.000000720. The van der Waals surface area contributed by atoms with Crippen molar-refractivity contribution in [2.75, 3.05) is 20.3 Å². The van der Waals surface area contributed by atoms with E-state index >= 15 is 0 Å². The SMILES string of the molecule is C.C.O=C(NCNC(=O)OCO)OCO. The average molecular weight is 226 g/mol. The lowest BCUT2D eigenvalue weighted by Gasteiger charge is -2.05. The molecule has 8 nitrogen and oxygen atoms in total. The van der Waals surface area contributed by atoms with Crippen molar-refractivity contribution in [1.29, 1.82) is 0 Å². The van der Waals surface area contributed by atoms with Crippen molar-refractivity contribution in [3.63, 3.8) is 0 Å². The van der Waals surface area contributed by atoms with E-state index in [0.29, 0.717) is 0 Å². The Hall–Kier alpha value is -1.54. The number of amides is 2. The lowest BCUT2D eigenvalue weighted by molar-refractivity contribution is 0.0404. The van der Waals surface area contributed by atoms with E-state index in [9.17, 15) is 9.59 Å². The number of ether oxygens (including phenoxy) is 2. The van der Waals surface area contributed by atoms with Gasteiger partial charge in [0.25, 0.3) is 0 Å². The van der Waals surface area contributed by atoms with Crippen LogP contribution in [0, 0.1) is 0 Å². The molecule has 15 heavy (non-hydrogen) atoms. The number of aliphatic hydroxyl groups excluding tert-OH is 2. The highest BCUT2D eigenvalue weighted by molar-refractivity contribution is 5.69. The summed E-state index contributed by atoms with van der Waals surface area (Å²) in [6, 6.07) is 0. The van der Waals surface area contributed by atoms with Crippen LogP contribution in [0.4, 0.5) is 9.59 Å². The molecule has 0 spiro atoms. The monoisotopic (exact) mass is 226 g/mol. The average Bonchev–Trinajstić information content (AvgIpc) is 2.05. The molecule has 0 bridgehead atoms. The number of hydrogen-bond acceptors (Lipinski definition) is 6. The van der Waals surface area contributed by atoms with Gasteiger partial charge in [0.15, 0.2) is 13.6 Å². The van der Waals surface area contributed by atoms with E-state index in [-0.39, 0.29) is 21.5 Å². The Kier molecular flexibility index (Phi) is 15.9. The maximum Gasteiger partial charge on any atom is 0.410 e. The number of nitrogens with one attached hydrogen (secondary N) is 2. The van der Waals surface area contributed by atoms with Crippen LogP contribution >= 0.6 is 0 Å². The Morgan fingerprint density at radius 2 is 1.27 bits per heavy atom. The molecule has 0 aliphatic carbocycles. The molecule has 0 rings (SSSR count). The van der Waals surface area contributed by atoms with Gasteiger partial charge in [-0.2, -0.15) is 0 Å². The summed E-state index contributed by atoms with van der Waals surface area (Å²) in [5, 5.41) is 20.3. The largest absolute Gasteiger partial charge is 0.423 e. The molecule has 0 saturated carbocycles. The summed E-state index contributed by atoms with van der Waals surface area (Å²) in [7, 11) is 0. The number of hydrogen-bond donors (Lipinski definition) is 4. The minimum Gasteiger partial charge on any atom is -0.423 e. The van der Waals surface area contributed by atoms with Crippen LogP contribution < -0.4 is 10.6 Å². The number of carbonyl (C=O) groups is 2. The van der Waals surface area contributed by atoms with Crippen LogP contribution in [0.5, 0.6) is 0 Å². The summed E-state index contributed by atoms with van der Waals surface area (Å²) in [5.41, 5.74) is 0. The predicted molar refractivity (Wildman–Crippen MR) is 51.7 cm³/mol. The minimum atomic E-state index is -0.883. The minimum absolute atomic E-state index is 0. The number of rotatable bonds is 4. The molecule has 8 heteroatoms. The topological polar surface area (TPSA) is 117 Å². The lowest BCUT2D eigenvalue weighted by atomic mass is 10.9. The van der Waals surface area contributed by atoms with Gasteiger partial charge >= 0.3 is 12.2 Å². The molecular weight excluding hydrogens is 208 g/mol. The van der Waals surface area contributed by atoms with Gasteiger partial charge < -0.3 is 30.3 Å². The van der Waals surface area contributed by atoms with Crippen LogP contribution in [0.2, 0.25) is 0 Å². The normalized spacial score (nSPS) is 7.60. The lowest BCUT2D eigenvalue weighted by Crippen LogP contribution is -2.38. The molecule has 0 unspecified atom stereocenters.